The molecular weight excluding hydrogens is 290 g/mol. The molecule has 0 amide bonds. The molecule has 120 valence electrons. The van der Waals surface area contributed by atoms with Crippen molar-refractivity contribution in [1.82, 2.24) is 5.32 Å². The Morgan fingerprint density at radius 3 is 2.38 bits per heavy atom. The number of methoxy groups -OCH3 is 2. The minimum Gasteiger partial charge on any atom is -0.493 e. The van der Waals surface area contributed by atoms with Gasteiger partial charge in [-0.05, 0) is 37.1 Å². The van der Waals surface area contributed by atoms with Gasteiger partial charge in [-0.1, -0.05) is 13.0 Å². The first-order chi connectivity index (χ1) is 9.89. The van der Waals surface area contributed by atoms with E-state index in [1.54, 1.807) is 14.2 Å². The SMILES string of the molecule is CCNC(CCS(C)(=O)=O)Cc1ccc(OC)c(OC)c1. The molecule has 0 radical (unpaired) electrons. The van der Waals surface area contributed by atoms with E-state index in [0.29, 0.717) is 17.9 Å². The number of benzene rings is 1. The molecule has 0 saturated heterocycles. The van der Waals surface area contributed by atoms with Crippen LogP contribution in [0.4, 0.5) is 0 Å². The lowest BCUT2D eigenvalue weighted by Crippen LogP contribution is -2.32. The molecule has 0 bridgehead atoms. The average Bonchev–Trinajstić information content (AvgIpc) is 2.44. The van der Waals surface area contributed by atoms with Crippen molar-refractivity contribution < 1.29 is 17.9 Å². The van der Waals surface area contributed by atoms with Crippen LogP contribution >= 0.6 is 0 Å². The Kier molecular flexibility index (Phi) is 6.98. The van der Waals surface area contributed by atoms with E-state index in [-0.39, 0.29) is 11.8 Å². The first-order valence-corrected chi connectivity index (χ1v) is 9.07. The lowest BCUT2D eigenvalue weighted by molar-refractivity contribution is 0.354. The number of hydrogen-bond acceptors (Lipinski definition) is 5. The Morgan fingerprint density at radius 1 is 1.19 bits per heavy atom. The summed E-state index contributed by atoms with van der Waals surface area (Å²) in [5, 5.41) is 3.33. The maximum absolute atomic E-state index is 11.3. The van der Waals surface area contributed by atoms with Crippen molar-refractivity contribution in [1.29, 1.82) is 0 Å². The summed E-state index contributed by atoms with van der Waals surface area (Å²) in [7, 11) is 0.269. The summed E-state index contributed by atoms with van der Waals surface area (Å²) in [5.74, 6) is 1.57. The predicted octanol–water partition coefficient (Wildman–Crippen LogP) is 1.66. The minimum absolute atomic E-state index is 0.128. The number of sulfone groups is 1. The van der Waals surface area contributed by atoms with Crippen LogP contribution in [0, 0.1) is 0 Å². The fourth-order valence-electron chi connectivity index (χ4n) is 2.21. The number of hydrogen-bond donors (Lipinski definition) is 1. The molecule has 0 aliphatic carbocycles. The van der Waals surface area contributed by atoms with Crippen LogP contribution in [0.3, 0.4) is 0 Å². The van der Waals surface area contributed by atoms with Crippen molar-refractivity contribution >= 4 is 9.84 Å². The van der Waals surface area contributed by atoms with Crippen molar-refractivity contribution in [3.63, 3.8) is 0 Å². The van der Waals surface area contributed by atoms with Crippen LogP contribution in [-0.2, 0) is 16.3 Å². The van der Waals surface area contributed by atoms with Crippen LogP contribution in [0.2, 0.25) is 0 Å². The number of likely N-dealkylation sites (N-methyl/N-ethyl adjacent to an activating group) is 1. The third-order valence-corrected chi connectivity index (χ3v) is 4.24. The van der Waals surface area contributed by atoms with Crippen LogP contribution in [0.1, 0.15) is 18.9 Å². The highest BCUT2D eigenvalue weighted by Gasteiger charge is 2.13. The van der Waals surface area contributed by atoms with Crippen LogP contribution in [0.25, 0.3) is 0 Å². The van der Waals surface area contributed by atoms with Gasteiger partial charge in [0.2, 0.25) is 0 Å². The van der Waals surface area contributed by atoms with Crippen molar-refractivity contribution in [2.45, 2.75) is 25.8 Å². The van der Waals surface area contributed by atoms with E-state index in [2.05, 4.69) is 5.32 Å². The lowest BCUT2D eigenvalue weighted by Gasteiger charge is -2.18. The van der Waals surface area contributed by atoms with Gasteiger partial charge >= 0.3 is 0 Å². The molecule has 21 heavy (non-hydrogen) atoms. The fourth-order valence-corrected chi connectivity index (χ4v) is 2.93. The second-order valence-electron chi connectivity index (χ2n) is 5.07. The molecule has 0 spiro atoms. The van der Waals surface area contributed by atoms with E-state index in [4.69, 9.17) is 9.47 Å². The van der Waals surface area contributed by atoms with Crippen LogP contribution in [0.15, 0.2) is 18.2 Å². The molecule has 1 rings (SSSR count). The summed E-state index contributed by atoms with van der Waals surface area (Å²) < 4.78 is 33.1. The van der Waals surface area contributed by atoms with Gasteiger partial charge in [-0.25, -0.2) is 8.42 Å². The van der Waals surface area contributed by atoms with E-state index in [9.17, 15) is 8.42 Å². The van der Waals surface area contributed by atoms with Gasteiger partial charge in [0, 0.05) is 12.3 Å². The Morgan fingerprint density at radius 2 is 1.86 bits per heavy atom. The monoisotopic (exact) mass is 315 g/mol. The summed E-state index contributed by atoms with van der Waals surface area (Å²) in [6, 6.07) is 5.91. The normalized spacial score (nSPS) is 13.0. The van der Waals surface area contributed by atoms with Gasteiger partial charge in [0.15, 0.2) is 11.5 Å². The van der Waals surface area contributed by atoms with Gasteiger partial charge < -0.3 is 14.8 Å². The molecule has 0 saturated carbocycles. The van der Waals surface area contributed by atoms with Gasteiger partial charge in [0.05, 0.1) is 20.0 Å². The molecule has 1 atom stereocenters. The maximum Gasteiger partial charge on any atom is 0.160 e. The molecule has 1 N–H and O–H groups in total. The molecule has 0 aromatic heterocycles. The van der Waals surface area contributed by atoms with Crippen molar-refractivity contribution in [3.8, 4) is 11.5 Å². The third-order valence-electron chi connectivity index (χ3n) is 3.26. The molecule has 1 unspecified atom stereocenters. The van der Waals surface area contributed by atoms with Gasteiger partial charge in [0.25, 0.3) is 0 Å². The van der Waals surface area contributed by atoms with E-state index in [0.717, 1.165) is 18.5 Å². The zero-order chi connectivity index (χ0) is 15.9. The van der Waals surface area contributed by atoms with E-state index in [1.165, 1.54) is 6.26 Å². The Balaban J connectivity index is 2.78. The van der Waals surface area contributed by atoms with E-state index < -0.39 is 9.84 Å². The molecule has 1 aromatic rings. The zero-order valence-electron chi connectivity index (χ0n) is 13.2. The Labute approximate surface area is 127 Å². The van der Waals surface area contributed by atoms with Crippen molar-refractivity contribution in [2.24, 2.45) is 0 Å². The highest BCUT2D eigenvalue weighted by Crippen LogP contribution is 2.28. The second-order valence-corrected chi connectivity index (χ2v) is 7.33. The summed E-state index contributed by atoms with van der Waals surface area (Å²) in [4.78, 5) is 0. The minimum atomic E-state index is -2.94. The number of ether oxygens (including phenoxy) is 2. The standard InChI is InChI=1S/C15H25NO4S/c1-5-16-13(8-9-21(4,17)18)10-12-6-7-14(19-2)15(11-12)20-3/h6-7,11,13,16H,5,8-10H2,1-4H3. The van der Waals surface area contributed by atoms with Crippen molar-refractivity contribution in [2.75, 3.05) is 32.8 Å². The van der Waals surface area contributed by atoms with Gasteiger partial charge in [0.1, 0.15) is 9.84 Å². The first-order valence-electron chi connectivity index (χ1n) is 7.01. The van der Waals surface area contributed by atoms with Gasteiger partial charge in [-0.15, -0.1) is 0 Å². The largest absolute Gasteiger partial charge is 0.493 e. The molecule has 0 aliphatic rings. The molecule has 6 heteroatoms. The molecular formula is C15H25NO4S. The Bertz CT molecular complexity index is 543. The topological polar surface area (TPSA) is 64.6 Å². The van der Waals surface area contributed by atoms with Crippen LogP contribution in [0.5, 0.6) is 11.5 Å². The maximum atomic E-state index is 11.3. The summed E-state index contributed by atoms with van der Waals surface area (Å²) in [6.45, 7) is 2.82. The van der Waals surface area contributed by atoms with Crippen LogP contribution < -0.4 is 14.8 Å². The highest BCUT2D eigenvalue weighted by molar-refractivity contribution is 7.90. The fraction of sp³-hybridized carbons (Fsp3) is 0.600. The van der Waals surface area contributed by atoms with E-state index in [1.807, 2.05) is 25.1 Å². The molecule has 5 nitrogen and oxygen atoms in total. The summed E-state index contributed by atoms with van der Waals surface area (Å²) in [5.41, 5.74) is 1.09. The second kappa shape index (κ2) is 8.24. The smallest absolute Gasteiger partial charge is 0.160 e. The summed E-state index contributed by atoms with van der Waals surface area (Å²) >= 11 is 0. The number of rotatable bonds is 9. The predicted molar refractivity (Wildman–Crippen MR) is 85.0 cm³/mol. The molecule has 0 fully saturated rings. The third kappa shape index (κ3) is 6.35. The lowest BCUT2D eigenvalue weighted by atomic mass is 10.0. The quantitative estimate of drug-likeness (QED) is 0.751. The van der Waals surface area contributed by atoms with Gasteiger partial charge in [-0.2, -0.15) is 0 Å². The molecule has 0 aliphatic heterocycles. The van der Waals surface area contributed by atoms with Crippen molar-refractivity contribution in [3.05, 3.63) is 23.8 Å². The zero-order valence-corrected chi connectivity index (χ0v) is 14.0. The average molecular weight is 315 g/mol. The van der Waals surface area contributed by atoms with Crippen LogP contribution in [-0.4, -0.2) is 47.2 Å². The first kappa shape index (κ1) is 17.8. The Hall–Kier alpha value is -1.27. The summed E-state index contributed by atoms with van der Waals surface area (Å²) in [6.07, 6.45) is 2.62. The molecule has 0 heterocycles. The highest BCUT2D eigenvalue weighted by atomic mass is 32.2. The van der Waals surface area contributed by atoms with E-state index >= 15 is 0 Å². The molecule has 1 aromatic carbocycles. The number of nitrogens with one attached hydrogen (secondary N) is 1. The van der Waals surface area contributed by atoms with Gasteiger partial charge in [-0.3, -0.25) is 0 Å².